The van der Waals surface area contributed by atoms with Crippen molar-refractivity contribution in [3.63, 3.8) is 0 Å². The molecule has 0 aromatic rings. The molecule has 2 saturated heterocycles. The van der Waals surface area contributed by atoms with Crippen molar-refractivity contribution < 1.29 is 4.74 Å². The molecule has 0 saturated carbocycles. The fraction of sp³-hybridized carbons (Fsp3) is 1.00. The SMILES string of the molecule is CC1(CN2CCCCC2CN)COC1. The van der Waals surface area contributed by atoms with Gasteiger partial charge >= 0.3 is 0 Å². The first-order valence-electron chi connectivity index (χ1n) is 5.75. The summed E-state index contributed by atoms with van der Waals surface area (Å²) in [7, 11) is 0. The Kier molecular flexibility index (Phi) is 3.10. The third kappa shape index (κ3) is 2.10. The monoisotopic (exact) mass is 198 g/mol. The van der Waals surface area contributed by atoms with E-state index in [1.54, 1.807) is 0 Å². The van der Waals surface area contributed by atoms with Gasteiger partial charge in [-0.3, -0.25) is 4.90 Å². The van der Waals surface area contributed by atoms with Gasteiger partial charge in [0.2, 0.25) is 0 Å². The fourth-order valence-corrected chi connectivity index (χ4v) is 2.57. The van der Waals surface area contributed by atoms with E-state index in [4.69, 9.17) is 10.5 Å². The summed E-state index contributed by atoms with van der Waals surface area (Å²) in [5.41, 5.74) is 6.21. The molecule has 0 spiro atoms. The molecule has 0 amide bonds. The van der Waals surface area contributed by atoms with Gasteiger partial charge in [0.05, 0.1) is 13.2 Å². The Morgan fingerprint density at radius 1 is 1.43 bits per heavy atom. The number of ether oxygens (including phenoxy) is 1. The average Bonchev–Trinajstić information content (AvgIpc) is 2.16. The molecule has 2 rings (SSSR count). The first kappa shape index (κ1) is 10.4. The molecule has 0 aromatic carbocycles. The van der Waals surface area contributed by atoms with Crippen molar-refractivity contribution >= 4 is 0 Å². The minimum absolute atomic E-state index is 0.408. The van der Waals surface area contributed by atoms with Crippen molar-refractivity contribution in [1.29, 1.82) is 0 Å². The van der Waals surface area contributed by atoms with Crippen molar-refractivity contribution in [2.24, 2.45) is 11.1 Å². The standard InChI is InChI=1S/C11H22N2O/c1-11(8-14-9-11)7-13-5-3-2-4-10(13)6-12/h10H,2-9,12H2,1H3. The molecular weight excluding hydrogens is 176 g/mol. The predicted octanol–water partition coefficient (Wildman–Crippen LogP) is 0.836. The first-order chi connectivity index (χ1) is 6.73. The highest BCUT2D eigenvalue weighted by Gasteiger charge is 2.37. The quantitative estimate of drug-likeness (QED) is 0.730. The second-order valence-electron chi connectivity index (χ2n) is 5.16. The van der Waals surface area contributed by atoms with Crippen LogP contribution in [0.3, 0.4) is 0 Å². The van der Waals surface area contributed by atoms with Gasteiger partial charge in [0.25, 0.3) is 0 Å². The van der Waals surface area contributed by atoms with E-state index in [1.807, 2.05) is 0 Å². The van der Waals surface area contributed by atoms with Gasteiger partial charge in [-0.25, -0.2) is 0 Å². The van der Waals surface area contributed by atoms with Crippen LogP contribution in [0.25, 0.3) is 0 Å². The Morgan fingerprint density at radius 2 is 2.21 bits per heavy atom. The van der Waals surface area contributed by atoms with E-state index in [1.165, 1.54) is 32.4 Å². The van der Waals surface area contributed by atoms with Gasteiger partial charge in [-0.05, 0) is 19.4 Å². The maximum absolute atomic E-state index is 5.80. The van der Waals surface area contributed by atoms with E-state index in [2.05, 4.69) is 11.8 Å². The maximum Gasteiger partial charge on any atom is 0.0554 e. The number of piperidine rings is 1. The van der Waals surface area contributed by atoms with E-state index in [0.29, 0.717) is 11.5 Å². The van der Waals surface area contributed by atoms with Crippen molar-refractivity contribution in [1.82, 2.24) is 4.90 Å². The van der Waals surface area contributed by atoms with Crippen LogP contribution in [0.2, 0.25) is 0 Å². The van der Waals surface area contributed by atoms with Crippen molar-refractivity contribution in [2.45, 2.75) is 32.2 Å². The van der Waals surface area contributed by atoms with Crippen molar-refractivity contribution in [2.75, 3.05) is 32.8 Å². The molecule has 2 aliphatic heterocycles. The number of nitrogens with two attached hydrogens (primary N) is 1. The highest BCUT2D eigenvalue weighted by atomic mass is 16.5. The lowest BCUT2D eigenvalue weighted by atomic mass is 9.86. The summed E-state index contributed by atoms with van der Waals surface area (Å²) < 4.78 is 5.29. The highest BCUT2D eigenvalue weighted by Crippen LogP contribution is 2.30. The molecule has 2 aliphatic rings. The average molecular weight is 198 g/mol. The third-order valence-corrected chi connectivity index (χ3v) is 3.51. The Bertz CT molecular complexity index is 192. The van der Waals surface area contributed by atoms with Crippen molar-refractivity contribution in [3.05, 3.63) is 0 Å². The lowest BCUT2D eigenvalue weighted by Crippen LogP contribution is -2.54. The van der Waals surface area contributed by atoms with Gasteiger partial charge in [0.15, 0.2) is 0 Å². The smallest absolute Gasteiger partial charge is 0.0554 e. The van der Waals surface area contributed by atoms with E-state index in [0.717, 1.165) is 19.8 Å². The summed E-state index contributed by atoms with van der Waals surface area (Å²) in [6.07, 6.45) is 3.98. The Labute approximate surface area is 86.6 Å². The van der Waals surface area contributed by atoms with Crippen LogP contribution in [0, 0.1) is 5.41 Å². The number of hydrogen-bond acceptors (Lipinski definition) is 3. The minimum atomic E-state index is 0.408. The van der Waals surface area contributed by atoms with Gasteiger partial charge in [-0.1, -0.05) is 13.3 Å². The molecule has 1 atom stereocenters. The summed E-state index contributed by atoms with van der Waals surface area (Å²) >= 11 is 0. The van der Waals surface area contributed by atoms with E-state index in [-0.39, 0.29) is 0 Å². The van der Waals surface area contributed by atoms with E-state index >= 15 is 0 Å². The van der Waals surface area contributed by atoms with Crippen LogP contribution in [-0.2, 0) is 4.74 Å². The van der Waals surface area contributed by atoms with Crippen LogP contribution in [0.15, 0.2) is 0 Å². The van der Waals surface area contributed by atoms with Gasteiger partial charge < -0.3 is 10.5 Å². The molecule has 0 aromatic heterocycles. The summed E-state index contributed by atoms with van der Waals surface area (Å²) in [6, 6.07) is 0.626. The van der Waals surface area contributed by atoms with Crippen LogP contribution in [0.4, 0.5) is 0 Å². The van der Waals surface area contributed by atoms with Crippen LogP contribution in [-0.4, -0.2) is 43.8 Å². The van der Waals surface area contributed by atoms with Gasteiger partial charge in [0, 0.05) is 24.5 Å². The number of hydrogen-bond donors (Lipinski definition) is 1. The number of rotatable bonds is 3. The summed E-state index contributed by atoms with van der Waals surface area (Å²) in [4.78, 5) is 2.58. The zero-order valence-electron chi connectivity index (χ0n) is 9.17. The van der Waals surface area contributed by atoms with E-state index < -0.39 is 0 Å². The highest BCUT2D eigenvalue weighted by molar-refractivity contribution is 4.88. The Morgan fingerprint density at radius 3 is 2.79 bits per heavy atom. The van der Waals surface area contributed by atoms with Gasteiger partial charge in [0.1, 0.15) is 0 Å². The number of nitrogens with zero attached hydrogens (tertiary/aromatic N) is 1. The minimum Gasteiger partial charge on any atom is -0.380 e. The van der Waals surface area contributed by atoms with Crippen LogP contribution >= 0.6 is 0 Å². The second-order valence-corrected chi connectivity index (χ2v) is 5.16. The fourth-order valence-electron chi connectivity index (χ4n) is 2.57. The second kappa shape index (κ2) is 4.17. The molecule has 1 unspecified atom stereocenters. The van der Waals surface area contributed by atoms with Crippen LogP contribution in [0.5, 0.6) is 0 Å². The molecule has 2 fully saturated rings. The molecule has 82 valence electrons. The molecule has 14 heavy (non-hydrogen) atoms. The molecule has 0 radical (unpaired) electrons. The van der Waals surface area contributed by atoms with Gasteiger partial charge in [-0.15, -0.1) is 0 Å². The first-order valence-corrected chi connectivity index (χ1v) is 5.75. The predicted molar refractivity (Wildman–Crippen MR) is 57.2 cm³/mol. The molecule has 2 heterocycles. The summed E-state index contributed by atoms with van der Waals surface area (Å²) in [5.74, 6) is 0. The van der Waals surface area contributed by atoms with Crippen LogP contribution in [0.1, 0.15) is 26.2 Å². The third-order valence-electron chi connectivity index (χ3n) is 3.51. The number of likely N-dealkylation sites (tertiary alicyclic amines) is 1. The van der Waals surface area contributed by atoms with Crippen molar-refractivity contribution in [3.8, 4) is 0 Å². The van der Waals surface area contributed by atoms with Crippen LogP contribution < -0.4 is 5.73 Å². The summed E-state index contributed by atoms with van der Waals surface area (Å²) in [5, 5.41) is 0. The molecule has 3 nitrogen and oxygen atoms in total. The van der Waals surface area contributed by atoms with Gasteiger partial charge in [-0.2, -0.15) is 0 Å². The lowest BCUT2D eigenvalue weighted by molar-refractivity contribution is -0.121. The molecule has 3 heteroatoms. The zero-order valence-corrected chi connectivity index (χ0v) is 9.17. The normalized spacial score (nSPS) is 32.6. The largest absolute Gasteiger partial charge is 0.380 e. The lowest BCUT2D eigenvalue weighted by Gasteiger charge is -2.45. The molecule has 0 bridgehead atoms. The maximum atomic E-state index is 5.80. The Hall–Kier alpha value is -0.120. The molecule has 0 aliphatic carbocycles. The zero-order chi connectivity index (χ0) is 10.0. The molecular formula is C11H22N2O. The molecule has 2 N–H and O–H groups in total. The Balaban J connectivity index is 1.87. The van der Waals surface area contributed by atoms with E-state index in [9.17, 15) is 0 Å². The summed E-state index contributed by atoms with van der Waals surface area (Å²) in [6.45, 7) is 7.41. The topological polar surface area (TPSA) is 38.5 Å².